The maximum atomic E-state index is 9.36. The lowest BCUT2D eigenvalue weighted by atomic mass is 9.69. The molecule has 0 aromatic rings. The summed E-state index contributed by atoms with van der Waals surface area (Å²) in [5.41, 5.74) is 0.242. The van der Waals surface area contributed by atoms with Crippen LogP contribution in [0.3, 0.4) is 0 Å². The highest BCUT2D eigenvalue weighted by Gasteiger charge is 2.35. The monoisotopic (exact) mass is 226 g/mol. The summed E-state index contributed by atoms with van der Waals surface area (Å²) in [5, 5.41) is 12.9. The van der Waals surface area contributed by atoms with Crippen LogP contribution in [-0.4, -0.2) is 49.8 Å². The van der Waals surface area contributed by atoms with Crippen LogP contribution >= 0.6 is 0 Å². The summed E-state index contributed by atoms with van der Waals surface area (Å²) in [4.78, 5) is 2.41. The Morgan fingerprint density at radius 2 is 2.00 bits per heavy atom. The van der Waals surface area contributed by atoms with Gasteiger partial charge in [-0.2, -0.15) is 0 Å². The van der Waals surface area contributed by atoms with Crippen molar-refractivity contribution in [3.8, 4) is 0 Å². The van der Waals surface area contributed by atoms with Gasteiger partial charge in [0, 0.05) is 18.6 Å². The zero-order chi connectivity index (χ0) is 11.4. The molecule has 2 aliphatic rings. The predicted molar refractivity (Wildman–Crippen MR) is 66.5 cm³/mol. The Morgan fingerprint density at radius 3 is 2.50 bits per heavy atom. The van der Waals surface area contributed by atoms with Gasteiger partial charge in [-0.1, -0.05) is 6.42 Å². The molecule has 3 heteroatoms. The topological polar surface area (TPSA) is 35.5 Å². The van der Waals surface area contributed by atoms with Crippen LogP contribution in [0.25, 0.3) is 0 Å². The van der Waals surface area contributed by atoms with Crippen molar-refractivity contribution >= 4 is 0 Å². The second-order valence-electron chi connectivity index (χ2n) is 5.89. The highest BCUT2D eigenvalue weighted by Crippen LogP contribution is 2.39. The number of rotatable bonds is 5. The molecule has 0 bridgehead atoms. The van der Waals surface area contributed by atoms with Crippen molar-refractivity contribution < 1.29 is 5.11 Å². The van der Waals surface area contributed by atoms with E-state index in [1.54, 1.807) is 0 Å². The molecular weight excluding hydrogens is 200 g/mol. The first kappa shape index (κ1) is 12.3. The Hall–Kier alpha value is -0.120. The molecule has 0 aromatic carbocycles. The Kier molecular flexibility index (Phi) is 4.22. The number of hydrogen-bond acceptors (Lipinski definition) is 3. The zero-order valence-electron chi connectivity index (χ0n) is 10.5. The van der Waals surface area contributed by atoms with E-state index in [1.807, 2.05) is 0 Å². The van der Waals surface area contributed by atoms with Crippen LogP contribution in [0.1, 0.15) is 32.1 Å². The molecule has 0 spiro atoms. The molecule has 0 aromatic heterocycles. The fourth-order valence-corrected chi connectivity index (χ4v) is 2.88. The number of likely N-dealkylation sites (tertiary alicyclic amines) is 1. The van der Waals surface area contributed by atoms with Crippen molar-refractivity contribution in [3.63, 3.8) is 0 Å². The molecule has 1 heterocycles. The van der Waals surface area contributed by atoms with Crippen molar-refractivity contribution in [2.24, 2.45) is 11.3 Å². The van der Waals surface area contributed by atoms with Gasteiger partial charge in [0.2, 0.25) is 0 Å². The van der Waals surface area contributed by atoms with E-state index in [1.165, 1.54) is 45.2 Å². The van der Waals surface area contributed by atoms with Gasteiger partial charge in [0.15, 0.2) is 0 Å². The van der Waals surface area contributed by atoms with Crippen LogP contribution in [0.15, 0.2) is 0 Å². The van der Waals surface area contributed by atoms with Crippen LogP contribution < -0.4 is 5.32 Å². The molecule has 1 saturated heterocycles. The number of nitrogens with one attached hydrogen (secondary N) is 1. The molecule has 1 aliphatic carbocycles. The zero-order valence-corrected chi connectivity index (χ0v) is 10.5. The molecule has 1 aliphatic heterocycles. The third-order valence-corrected chi connectivity index (χ3v) is 4.52. The summed E-state index contributed by atoms with van der Waals surface area (Å²) in [7, 11) is 2.21. The third-order valence-electron chi connectivity index (χ3n) is 4.52. The van der Waals surface area contributed by atoms with Gasteiger partial charge in [0.05, 0.1) is 0 Å². The van der Waals surface area contributed by atoms with Gasteiger partial charge < -0.3 is 15.3 Å². The van der Waals surface area contributed by atoms with E-state index in [4.69, 9.17) is 0 Å². The van der Waals surface area contributed by atoms with Crippen molar-refractivity contribution in [3.05, 3.63) is 0 Å². The highest BCUT2D eigenvalue weighted by molar-refractivity contribution is 4.89. The lowest BCUT2D eigenvalue weighted by Gasteiger charge is -2.41. The molecule has 0 unspecified atom stereocenters. The summed E-state index contributed by atoms with van der Waals surface area (Å²) in [6.07, 6.45) is 6.38. The first-order chi connectivity index (χ1) is 7.74. The molecular formula is C13H26N2O. The summed E-state index contributed by atoms with van der Waals surface area (Å²) < 4.78 is 0. The fourth-order valence-electron chi connectivity index (χ4n) is 2.88. The van der Waals surface area contributed by atoms with E-state index < -0.39 is 0 Å². The molecule has 2 N–H and O–H groups in total. The molecule has 2 fully saturated rings. The summed E-state index contributed by atoms with van der Waals surface area (Å²) >= 11 is 0. The largest absolute Gasteiger partial charge is 0.396 e. The number of hydrogen-bond donors (Lipinski definition) is 2. The van der Waals surface area contributed by atoms with Crippen LogP contribution in [0.4, 0.5) is 0 Å². The smallest absolute Gasteiger partial charge is 0.0499 e. The van der Waals surface area contributed by atoms with Gasteiger partial charge in [-0.05, 0) is 58.3 Å². The van der Waals surface area contributed by atoms with E-state index in [-0.39, 0.29) is 5.41 Å². The number of piperidine rings is 1. The van der Waals surface area contributed by atoms with Crippen molar-refractivity contribution in [1.29, 1.82) is 0 Å². The van der Waals surface area contributed by atoms with Crippen LogP contribution in [0.2, 0.25) is 0 Å². The lowest BCUT2D eigenvalue weighted by molar-refractivity contribution is 0.0431. The van der Waals surface area contributed by atoms with E-state index in [2.05, 4.69) is 17.3 Å². The predicted octanol–water partition coefficient (Wildman–Crippen LogP) is 1.08. The van der Waals surface area contributed by atoms with Gasteiger partial charge in [0.1, 0.15) is 0 Å². The average molecular weight is 226 g/mol. The Bertz CT molecular complexity index is 202. The van der Waals surface area contributed by atoms with Gasteiger partial charge >= 0.3 is 0 Å². The van der Waals surface area contributed by atoms with E-state index >= 15 is 0 Å². The maximum Gasteiger partial charge on any atom is 0.0499 e. The molecule has 16 heavy (non-hydrogen) atoms. The van der Waals surface area contributed by atoms with Gasteiger partial charge in [-0.15, -0.1) is 0 Å². The highest BCUT2D eigenvalue weighted by atomic mass is 16.3. The first-order valence-electron chi connectivity index (χ1n) is 6.74. The molecule has 0 radical (unpaired) electrons. The molecule has 3 nitrogen and oxygen atoms in total. The van der Waals surface area contributed by atoms with Gasteiger partial charge in [0.25, 0.3) is 0 Å². The molecule has 2 rings (SSSR count). The average Bonchev–Trinajstić information content (AvgIpc) is 2.25. The van der Waals surface area contributed by atoms with Crippen LogP contribution in [0.5, 0.6) is 0 Å². The third kappa shape index (κ3) is 2.96. The standard InChI is InChI=1S/C13H26N2O/c1-15-7-3-12(4-8-15)9-14-10-13(11-16)5-2-6-13/h12,14,16H,2-11H2,1H3. The number of nitrogens with zero attached hydrogens (tertiary/aromatic N) is 1. The maximum absolute atomic E-state index is 9.36. The Balaban J connectivity index is 1.61. The van der Waals surface area contributed by atoms with E-state index in [9.17, 15) is 5.11 Å². The van der Waals surface area contributed by atoms with Gasteiger partial charge in [-0.3, -0.25) is 0 Å². The van der Waals surface area contributed by atoms with E-state index in [0.717, 1.165) is 19.0 Å². The Labute approximate surface area is 99.2 Å². The number of aliphatic hydroxyl groups excluding tert-OH is 1. The van der Waals surface area contributed by atoms with E-state index in [0.29, 0.717) is 6.61 Å². The lowest BCUT2D eigenvalue weighted by Crippen LogP contribution is -2.44. The molecule has 94 valence electrons. The second kappa shape index (κ2) is 5.48. The van der Waals surface area contributed by atoms with Crippen molar-refractivity contribution in [1.82, 2.24) is 10.2 Å². The van der Waals surface area contributed by atoms with Crippen molar-refractivity contribution in [2.45, 2.75) is 32.1 Å². The normalized spacial score (nSPS) is 26.6. The second-order valence-corrected chi connectivity index (χ2v) is 5.89. The van der Waals surface area contributed by atoms with Crippen molar-refractivity contribution in [2.75, 3.05) is 39.8 Å². The minimum Gasteiger partial charge on any atom is -0.396 e. The van der Waals surface area contributed by atoms with Gasteiger partial charge in [-0.25, -0.2) is 0 Å². The molecule has 1 saturated carbocycles. The van der Waals surface area contributed by atoms with Crippen LogP contribution in [-0.2, 0) is 0 Å². The summed E-state index contributed by atoms with van der Waals surface area (Å²) in [5.74, 6) is 0.854. The SMILES string of the molecule is CN1CCC(CNCC2(CO)CCC2)CC1. The molecule has 0 amide bonds. The minimum absolute atomic E-state index is 0.242. The quantitative estimate of drug-likeness (QED) is 0.736. The first-order valence-corrected chi connectivity index (χ1v) is 6.74. The Morgan fingerprint density at radius 1 is 1.31 bits per heavy atom. The summed E-state index contributed by atoms with van der Waals surface area (Å²) in [6, 6.07) is 0. The number of aliphatic hydroxyl groups is 1. The fraction of sp³-hybridized carbons (Fsp3) is 1.00. The molecule has 0 atom stereocenters. The summed E-state index contributed by atoms with van der Waals surface area (Å²) in [6.45, 7) is 5.04. The minimum atomic E-state index is 0.242. The van der Waals surface area contributed by atoms with Crippen LogP contribution in [0, 0.1) is 11.3 Å².